The van der Waals surface area contributed by atoms with Gasteiger partial charge in [0.2, 0.25) is 0 Å². The van der Waals surface area contributed by atoms with Crippen molar-refractivity contribution in [3.63, 3.8) is 0 Å². The second-order valence-electron chi connectivity index (χ2n) is 6.46. The summed E-state index contributed by atoms with van der Waals surface area (Å²) in [4.78, 5) is 0. The van der Waals surface area contributed by atoms with Crippen LogP contribution in [0.25, 0.3) is 0 Å². The molecule has 0 saturated carbocycles. The van der Waals surface area contributed by atoms with Crippen LogP contribution in [0.1, 0.15) is 50.8 Å². The first kappa shape index (κ1) is 14.5. The van der Waals surface area contributed by atoms with Crippen molar-refractivity contribution in [2.75, 3.05) is 11.5 Å². The smallest absolute Gasteiger partial charge is 0.153 e. The predicted octanol–water partition coefficient (Wildman–Crippen LogP) is 2.65. The van der Waals surface area contributed by atoms with Crippen LogP contribution in [0.5, 0.6) is 0 Å². The van der Waals surface area contributed by atoms with E-state index in [0.717, 1.165) is 5.56 Å². The highest BCUT2D eigenvalue weighted by Gasteiger charge is 2.36. The molecule has 19 heavy (non-hydrogen) atoms. The highest BCUT2D eigenvalue weighted by Crippen LogP contribution is 2.27. The van der Waals surface area contributed by atoms with Crippen LogP contribution in [0.2, 0.25) is 0 Å². The van der Waals surface area contributed by atoms with E-state index < -0.39 is 9.84 Å². The summed E-state index contributed by atoms with van der Waals surface area (Å²) >= 11 is 0. The van der Waals surface area contributed by atoms with E-state index in [2.05, 4.69) is 31.3 Å². The monoisotopic (exact) mass is 281 g/mol. The Hall–Kier alpha value is -0.870. The number of benzene rings is 1. The van der Waals surface area contributed by atoms with Gasteiger partial charge in [0.25, 0.3) is 0 Å². The predicted molar refractivity (Wildman–Crippen MR) is 79.1 cm³/mol. The Morgan fingerprint density at radius 3 is 2.26 bits per heavy atom. The molecule has 0 bridgehead atoms. The van der Waals surface area contributed by atoms with E-state index in [9.17, 15) is 8.42 Å². The molecule has 0 aromatic heterocycles. The fourth-order valence-corrected chi connectivity index (χ4v) is 4.79. The molecule has 4 heteroatoms. The summed E-state index contributed by atoms with van der Waals surface area (Å²) < 4.78 is 24.0. The van der Waals surface area contributed by atoms with Crippen molar-refractivity contribution in [2.45, 2.75) is 45.2 Å². The molecule has 2 rings (SSSR count). The Balaban J connectivity index is 2.26. The van der Waals surface area contributed by atoms with Crippen LogP contribution in [0.4, 0.5) is 0 Å². The lowest BCUT2D eigenvalue weighted by Gasteiger charge is -2.37. The molecule has 1 fully saturated rings. The quantitative estimate of drug-likeness (QED) is 0.906. The standard InChI is InChI=1S/C15H23NO2S/c1-11(2)12-5-7-13(8-6-12)14-9-19(17,18)10-15(3,4)16-14/h5-8,11,14,16H,9-10H2,1-4H3. The molecule has 1 N–H and O–H groups in total. The maximum Gasteiger partial charge on any atom is 0.153 e. The van der Waals surface area contributed by atoms with E-state index in [1.54, 1.807) is 0 Å². The molecule has 1 atom stereocenters. The number of nitrogens with one attached hydrogen (secondary N) is 1. The molecule has 1 unspecified atom stereocenters. The molecule has 1 saturated heterocycles. The summed E-state index contributed by atoms with van der Waals surface area (Å²) in [6, 6.07) is 8.18. The zero-order valence-corrected chi connectivity index (χ0v) is 12.9. The lowest BCUT2D eigenvalue weighted by Crippen LogP contribution is -2.54. The van der Waals surface area contributed by atoms with Crippen LogP contribution in [-0.2, 0) is 9.84 Å². The average Bonchev–Trinajstić information content (AvgIpc) is 2.25. The fourth-order valence-electron chi connectivity index (χ4n) is 2.71. The fraction of sp³-hybridized carbons (Fsp3) is 0.600. The normalized spacial score (nSPS) is 25.4. The Bertz CT molecular complexity index is 544. The highest BCUT2D eigenvalue weighted by molar-refractivity contribution is 7.91. The zero-order valence-electron chi connectivity index (χ0n) is 12.1. The number of rotatable bonds is 2. The largest absolute Gasteiger partial charge is 0.303 e. The van der Waals surface area contributed by atoms with Gasteiger partial charge < -0.3 is 5.32 Å². The Morgan fingerprint density at radius 1 is 1.21 bits per heavy atom. The number of sulfone groups is 1. The van der Waals surface area contributed by atoms with E-state index in [0.29, 0.717) is 5.92 Å². The van der Waals surface area contributed by atoms with Crippen molar-refractivity contribution in [3.05, 3.63) is 35.4 Å². The van der Waals surface area contributed by atoms with Crippen LogP contribution in [0, 0.1) is 0 Å². The second kappa shape index (κ2) is 4.91. The molecule has 0 spiro atoms. The Morgan fingerprint density at radius 2 is 1.79 bits per heavy atom. The van der Waals surface area contributed by atoms with Gasteiger partial charge in [-0.25, -0.2) is 8.42 Å². The van der Waals surface area contributed by atoms with Crippen LogP contribution in [0.15, 0.2) is 24.3 Å². The minimum absolute atomic E-state index is 0.102. The van der Waals surface area contributed by atoms with E-state index in [-0.39, 0.29) is 23.1 Å². The van der Waals surface area contributed by atoms with Crippen molar-refractivity contribution in [2.24, 2.45) is 0 Å². The molecule has 1 aliphatic heterocycles. The first-order valence-corrected chi connectivity index (χ1v) is 8.59. The molecular formula is C15H23NO2S. The molecule has 1 aromatic rings. The lowest BCUT2D eigenvalue weighted by atomic mass is 9.98. The zero-order chi connectivity index (χ0) is 14.3. The SMILES string of the molecule is CC(C)c1ccc(C2CS(=O)(=O)CC(C)(C)N2)cc1. The molecular weight excluding hydrogens is 258 g/mol. The third kappa shape index (κ3) is 3.57. The maximum atomic E-state index is 12.0. The van der Waals surface area contributed by atoms with E-state index in [4.69, 9.17) is 0 Å². The summed E-state index contributed by atoms with van der Waals surface area (Å²) in [5, 5.41) is 3.43. The van der Waals surface area contributed by atoms with Gasteiger partial charge >= 0.3 is 0 Å². The van der Waals surface area contributed by atoms with Crippen molar-refractivity contribution in [1.29, 1.82) is 0 Å². The number of hydrogen-bond donors (Lipinski definition) is 1. The average molecular weight is 281 g/mol. The van der Waals surface area contributed by atoms with Crippen molar-refractivity contribution in [1.82, 2.24) is 5.32 Å². The Kier molecular flexibility index (Phi) is 3.76. The third-order valence-electron chi connectivity index (χ3n) is 3.57. The minimum atomic E-state index is -2.98. The molecule has 1 aliphatic rings. The van der Waals surface area contributed by atoms with Crippen LogP contribution in [-0.4, -0.2) is 25.5 Å². The van der Waals surface area contributed by atoms with E-state index in [1.807, 2.05) is 26.0 Å². The topological polar surface area (TPSA) is 46.2 Å². The summed E-state index contributed by atoms with van der Waals surface area (Å²) in [5.74, 6) is 0.895. The molecule has 1 heterocycles. The van der Waals surface area contributed by atoms with Crippen molar-refractivity contribution < 1.29 is 8.42 Å². The van der Waals surface area contributed by atoms with Gasteiger partial charge in [0.05, 0.1) is 11.5 Å². The first-order valence-electron chi connectivity index (χ1n) is 6.76. The molecule has 3 nitrogen and oxygen atoms in total. The molecule has 0 radical (unpaired) electrons. The van der Waals surface area contributed by atoms with Crippen LogP contribution >= 0.6 is 0 Å². The second-order valence-corrected chi connectivity index (χ2v) is 8.57. The summed E-state index contributed by atoms with van der Waals surface area (Å²) in [5.41, 5.74) is 1.97. The third-order valence-corrected chi connectivity index (χ3v) is 5.57. The van der Waals surface area contributed by atoms with E-state index >= 15 is 0 Å². The van der Waals surface area contributed by atoms with Gasteiger partial charge in [-0.2, -0.15) is 0 Å². The number of hydrogen-bond acceptors (Lipinski definition) is 3. The van der Waals surface area contributed by atoms with Gasteiger partial charge in [-0.3, -0.25) is 0 Å². The van der Waals surface area contributed by atoms with Crippen molar-refractivity contribution in [3.8, 4) is 0 Å². The maximum absolute atomic E-state index is 12.0. The van der Waals surface area contributed by atoms with Gasteiger partial charge in [0.15, 0.2) is 9.84 Å². The molecule has 0 amide bonds. The lowest BCUT2D eigenvalue weighted by molar-refractivity contribution is 0.359. The molecule has 0 aliphatic carbocycles. The summed E-state index contributed by atoms with van der Waals surface area (Å²) in [6.07, 6.45) is 0. The minimum Gasteiger partial charge on any atom is -0.303 e. The highest BCUT2D eigenvalue weighted by atomic mass is 32.2. The van der Waals surface area contributed by atoms with Crippen LogP contribution < -0.4 is 5.32 Å². The van der Waals surface area contributed by atoms with E-state index in [1.165, 1.54) is 5.56 Å². The molecule has 1 aromatic carbocycles. The van der Waals surface area contributed by atoms with Crippen LogP contribution in [0.3, 0.4) is 0 Å². The van der Waals surface area contributed by atoms with Crippen molar-refractivity contribution >= 4 is 9.84 Å². The molecule has 106 valence electrons. The van der Waals surface area contributed by atoms with Gasteiger partial charge in [0.1, 0.15) is 0 Å². The van der Waals surface area contributed by atoms with Gasteiger partial charge in [-0.05, 0) is 30.9 Å². The summed E-state index contributed by atoms with van der Waals surface area (Å²) in [6.45, 7) is 8.20. The summed E-state index contributed by atoms with van der Waals surface area (Å²) in [7, 11) is -2.98. The van der Waals surface area contributed by atoms with Gasteiger partial charge in [-0.1, -0.05) is 38.1 Å². The van der Waals surface area contributed by atoms with Gasteiger partial charge in [-0.15, -0.1) is 0 Å². The van der Waals surface area contributed by atoms with Gasteiger partial charge in [0, 0.05) is 11.6 Å². The Labute approximate surface area is 116 Å². The first-order chi connectivity index (χ1) is 8.69.